The molecule has 1 N–H and O–H groups in total. The minimum absolute atomic E-state index is 0.0321. The number of halogens is 1. The summed E-state index contributed by atoms with van der Waals surface area (Å²) in [6, 6.07) is 0. The topological polar surface area (TPSA) is 68.3 Å². The van der Waals surface area contributed by atoms with Gasteiger partial charge in [-0.1, -0.05) is 0 Å². The fraction of sp³-hybridized carbons (Fsp3) is 0.444. The van der Waals surface area contributed by atoms with Gasteiger partial charge in [-0.3, -0.25) is 9.59 Å². The van der Waals surface area contributed by atoms with Crippen molar-refractivity contribution in [2.75, 3.05) is 13.7 Å². The smallest absolute Gasteiger partial charge is 0.325 e. The second-order valence-corrected chi connectivity index (χ2v) is 4.35. The third-order valence-corrected chi connectivity index (χ3v) is 3.11. The van der Waals surface area contributed by atoms with Gasteiger partial charge >= 0.3 is 5.97 Å². The van der Waals surface area contributed by atoms with Crippen LogP contribution in [0.2, 0.25) is 0 Å². The van der Waals surface area contributed by atoms with Crippen LogP contribution in [0.15, 0.2) is 5.51 Å². The fourth-order valence-corrected chi connectivity index (χ4v) is 1.88. The van der Waals surface area contributed by atoms with Crippen molar-refractivity contribution in [3.05, 3.63) is 16.1 Å². The molecule has 0 saturated heterocycles. The molecule has 0 saturated carbocycles. The molecule has 0 bridgehead atoms. The van der Waals surface area contributed by atoms with Crippen LogP contribution < -0.4 is 5.32 Å². The van der Waals surface area contributed by atoms with E-state index in [2.05, 4.69) is 15.0 Å². The van der Waals surface area contributed by atoms with Crippen LogP contribution in [0.25, 0.3) is 0 Å². The van der Waals surface area contributed by atoms with Gasteiger partial charge in [-0.05, 0) is 6.92 Å². The lowest BCUT2D eigenvalue weighted by Crippen LogP contribution is -2.34. The van der Waals surface area contributed by atoms with Crippen molar-refractivity contribution in [3.63, 3.8) is 0 Å². The Bertz CT molecular complexity index is 394. The van der Waals surface area contributed by atoms with Gasteiger partial charge in [-0.25, -0.2) is 4.98 Å². The van der Waals surface area contributed by atoms with Gasteiger partial charge in [0, 0.05) is 6.54 Å². The van der Waals surface area contributed by atoms with E-state index in [0.29, 0.717) is 10.6 Å². The summed E-state index contributed by atoms with van der Waals surface area (Å²) >= 11 is 6.92. The number of hydrogen-bond donors (Lipinski definition) is 1. The first-order chi connectivity index (χ1) is 7.56. The van der Waals surface area contributed by atoms with Crippen LogP contribution in [0, 0.1) is 6.92 Å². The normalized spacial score (nSPS) is 11.9. The Balaban J connectivity index is 2.48. The Morgan fingerprint density at radius 2 is 2.38 bits per heavy atom. The lowest BCUT2D eigenvalue weighted by Gasteiger charge is -2.08. The second kappa shape index (κ2) is 5.81. The number of ether oxygens (including phenoxy) is 1. The van der Waals surface area contributed by atoms with Crippen LogP contribution in [-0.2, 0) is 9.53 Å². The predicted molar refractivity (Wildman–Crippen MR) is 60.8 cm³/mol. The Morgan fingerprint density at radius 3 is 2.88 bits per heavy atom. The summed E-state index contributed by atoms with van der Waals surface area (Å²) in [6.07, 6.45) is 0. The minimum atomic E-state index is -0.873. The highest BCUT2D eigenvalue weighted by Gasteiger charge is 2.18. The van der Waals surface area contributed by atoms with Gasteiger partial charge in [0.05, 0.1) is 18.3 Å². The Morgan fingerprint density at radius 1 is 1.69 bits per heavy atom. The molecule has 0 aliphatic heterocycles. The molecule has 1 aromatic heterocycles. The third kappa shape index (κ3) is 3.18. The standard InChI is InChI=1S/C9H11ClN2O3S/c1-5-7(16-4-12-5)8(13)11-3-6(10)9(14)15-2/h4,6H,3H2,1-2H3,(H,11,13). The summed E-state index contributed by atoms with van der Waals surface area (Å²) in [5.41, 5.74) is 2.25. The summed E-state index contributed by atoms with van der Waals surface area (Å²) in [4.78, 5) is 27.0. The van der Waals surface area contributed by atoms with Crippen molar-refractivity contribution in [1.29, 1.82) is 0 Å². The summed E-state index contributed by atoms with van der Waals surface area (Å²) in [5, 5.41) is 1.67. The van der Waals surface area contributed by atoms with Gasteiger partial charge in [0.1, 0.15) is 10.3 Å². The summed E-state index contributed by atoms with van der Waals surface area (Å²) in [5.74, 6) is -0.849. The Labute approximate surface area is 102 Å². The van der Waals surface area contributed by atoms with E-state index in [4.69, 9.17) is 11.6 Å². The van der Waals surface area contributed by atoms with Crippen molar-refractivity contribution < 1.29 is 14.3 Å². The molecule has 16 heavy (non-hydrogen) atoms. The SMILES string of the molecule is COC(=O)C(Cl)CNC(=O)c1scnc1C. The number of methoxy groups -OCH3 is 1. The number of carbonyl (C=O) groups is 2. The fourth-order valence-electron chi connectivity index (χ4n) is 0.994. The maximum absolute atomic E-state index is 11.6. The Hall–Kier alpha value is -1.14. The van der Waals surface area contributed by atoms with Crippen LogP contribution in [0.1, 0.15) is 15.4 Å². The van der Waals surface area contributed by atoms with Gasteiger partial charge in [0.25, 0.3) is 5.91 Å². The van der Waals surface area contributed by atoms with Crippen molar-refractivity contribution in [2.24, 2.45) is 0 Å². The number of esters is 1. The first-order valence-electron chi connectivity index (χ1n) is 4.46. The molecular weight excluding hydrogens is 252 g/mol. The lowest BCUT2D eigenvalue weighted by atomic mass is 10.3. The lowest BCUT2D eigenvalue weighted by molar-refractivity contribution is -0.140. The van der Waals surface area contributed by atoms with Crippen molar-refractivity contribution in [1.82, 2.24) is 10.3 Å². The molecule has 0 aliphatic carbocycles. The third-order valence-electron chi connectivity index (χ3n) is 1.85. The molecule has 1 unspecified atom stereocenters. The molecule has 1 rings (SSSR count). The van der Waals surface area contributed by atoms with Gasteiger partial charge in [0.2, 0.25) is 0 Å². The number of amides is 1. The maximum Gasteiger partial charge on any atom is 0.325 e. The summed E-state index contributed by atoms with van der Waals surface area (Å²) < 4.78 is 4.43. The van der Waals surface area contributed by atoms with Crippen LogP contribution in [0.3, 0.4) is 0 Å². The monoisotopic (exact) mass is 262 g/mol. The number of nitrogens with one attached hydrogen (secondary N) is 1. The molecule has 5 nitrogen and oxygen atoms in total. The Kier molecular flexibility index (Phi) is 4.70. The van der Waals surface area contributed by atoms with Crippen LogP contribution in [0.4, 0.5) is 0 Å². The van der Waals surface area contributed by atoms with E-state index < -0.39 is 11.3 Å². The molecule has 1 atom stereocenters. The quantitative estimate of drug-likeness (QED) is 0.648. The molecule has 1 heterocycles. The summed E-state index contributed by atoms with van der Waals surface area (Å²) in [7, 11) is 1.24. The van der Waals surface area contributed by atoms with Crippen LogP contribution >= 0.6 is 22.9 Å². The van der Waals surface area contributed by atoms with Crippen molar-refractivity contribution in [3.8, 4) is 0 Å². The largest absolute Gasteiger partial charge is 0.468 e. The highest BCUT2D eigenvalue weighted by Crippen LogP contribution is 2.11. The first-order valence-corrected chi connectivity index (χ1v) is 5.78. The zero-order chi connectivity index (χ0) is 12.1. The number of aryl methyl sites for hydroxylation is 1. The molecule has 0 aliphatic rings. The average molecular weight is 263 g/mol. The highest BCUT2D eigenvalue weighted by molar-refractivity contribution is 7.11. The number of nitrogens with zero attached hydrogens (tertiary/aromatic N) is 1. The molecule has 1 aromatic rings. The van der Waals surface area contributed by atoms with Crippen molar-refractivity contribution in [2.45, 2.75) is 12.3 Å². The molecule has 1 amide bonds. The molecule has 0 spiro atoms. The van der Waals surface area contributed by atoms with Crippen LogP contribution in [0.5, 0.6) is 0 Å². The first kappa shape index (κ1) is 12.9. The second-order valence-electron chi connectivity index (χ2n) is 2.97. The molecule has 0 fully saturated rings. The number of aromatic nitrogens is 1. The molecule has 7 heteroatoms. The molecule has 88 valence electrons. The van der Waals surface area contributed by atoms with Gasteiger partial charge in [-0.2, -0.15) is 0 Å². The van der Waals surface area contributed by atoms with E-state index in [0.717, 1.165) is 0 Å². The van der Waals surface area contributed by atoms with E-state index >= 15 is 0 Å². The van der Waals surface area contributed by atoms with Gasteiger partial charge in [-0.15, -0.1) is 22.9 Å². The molecule has 0 radical (unpaired) electrons. The van der Waals surface area contributed by atoms with E-state index in [1.54, 1.807) is 12.4 Å². The summed E-state index contributed by atoms with van der Waals surface area (Å²) in [6.45, 7) is 1.77. The predicted octanol–water partition coefficient (Wildman–Crippen LogP) is 0.962. The van der Waals surface area contributed by atoms with E-state index in [9.17, 15) is 9.59 Å². The van der Waals surface area contributed by atoms with Crippen molar-refractivity contribution >= 4 is 34.8 Å². The van der Waals surface area contributed by atoms with E-state index in [1.807, 2.05) is 0 Å². The van der Waals surface area contributed by atoms with E-state index in [-0.39, 0.29) is 12.5 Å². The number of alkyl halides is 1. The van der Waals surface area contributed by atoms with Gasteiger partial charge < -0.3 is 10.1 Å². The average Bonchev–Trinajstić information content (AvgIpc) is 2.70. The zero-order valence-corrected chi connectivity index (χ0v) is 10.4. The maximum atomic E-state index is 11.6. The molecule has 0 aromatic carbocycles. The number of thiazole rings is 1. The minimum Gasteiger partial charge on any atom is -0.468 e. The number of carbonyl (C=O) groups excluding carboxylic acids is 2. The number of hydrogen-bond acceptors (Lipinski definition) is 5. The van der Waals surface area contributed by atoms with Crippen LogP contribution in [-0.4, -0.2) is 35.9 Å². The highest BCUT2D eigenvalue weighted by atomic mass is 35.5. The zero-order valence-electron chi connectivity index (χ0n) is 8.82. The van der Waals surface area contributed by atoms with E-state index in [1.165, 1.54) is 18.4 Å². The van der Waals surface area contributed by atoms with Gasteiger partial charge in [0.15, 0.2) is 0 Å². The molecular formula is C9H11ClN2O3S. The number of rotatable bonds is 4.